The van der Waals surface area contributed by atoms with E-state index < -0.39 is 5.25 Å². The van der Waals surface area contributed by atoms with Crippen molar-refractivity contribution in [1.29, 1.82) is 0 Å². The fourth-order valence-electron chi connectivity index (χ4n) is 2.96. The lowest BCUT2D eigenvalue weighted by molar-refractivity contribution is -0.121. The standard InChI is InChI=1S/C17H19Cl2N3O2S/c18-10-6-7-12(19)13(8-10)21-15(23)9-14-16(24)22-17(25-14)20-11-4-2-1-3-5-11/h6-8,11,14H,1-5,9H2,(H,21,23)(H,20,22,24). The number of nitrogens with one attached hydrogen (secondary N) is 2. The Morgan fingerprint density at radius 2 is 2.00 bits per heavy atom. The van der Waals surface area contributed by atoms with Gasteiger partial charge in [0.2, 0.25) is 5.91 Å². The molecular weight excluding hydrogens is 381 g/mol. The summed E-state index contributed by atoms with van der Waals surface area (Å²) in [5.41, 5.74) is 0.441. The fourth-order valence-corrected chi connectivity index (χ4v) is 4.34. The summed E-state index contributed by atoms with van der Waals surface area (Å²) in [6.07, 6.45) is 5.93. The first-order valence-corrected chi connectivity index (χ1v) is 9.95. The van der Waals surface area contributed by atoms with Crippen LogP contribution in [0.4, 0.5) is 5.69 Å². The highest BCUT2D eigenvalue weighted by Gasteiger charge is 2.31. The second-order valence-electron chi connectivity index (χ2n) is 6.22. The van der Waals surface area contributed by atoms with Gasteiger partial charge in [-0.05, 0) is 31.0 Å². The van der Waals surface area contributed by atoms with Gasteiger partial charge < -0.3 is 10.6 Å². The van der Waals surface area contributed by atoms with Crippen LogP contribution in [0, 0.1) is 0 Å². The Balaban J connectivity index is 1.52. The smallest absolute Gasteiger partial charge is 0.262 e. The number of aliphatic imine (C=N–C) groups is 1. The second-order valence-corrected chi connectivity index (χ2v) is 8.25. The average molecular weight is 400 g/mol. The molecule has 0 saturated heterocycles. The third-order valence-electron chi connectivity index (χ3n) is 4.25. The molecule has 1 atom stereocenters. The number of amides is 2. The van der Waals surface area contributed by atoms with Gasteiger partial charge in [-0.3, -0.25) is 9.59 Å². The van der Waals surface area contributed by atoms with Crippen LogP contribution in [0.15, 0.2) is 23.2 Å². The molecule has 0 radical (unpaired) electrons. The van der Waals surface area contributed by atoms with E-state index in [2.05, 4.69) is 15.6 Å². The minimum absolute atomic E-state index is 0.0473. The molecule has 3 rings (SSSR count). The van der Waals surface area contributed by atoms with Crippen molar-refractivity contribution < 1.29 is 9.59 Å². The molecule has 2 aliphatic rings. The van der Waals surface area contributed by atoms with Gasteiger partial charge in [-0.2, -0.15) is 4.99 Å². The number of amidine groups is 1. The zero-order valence-electron chi connectivity index (χ0n) is 13.6. The summed E-state index contributed by atoms with van der Waals surface area (Å²) in [6, 6.07) is 5.22. The van der Waals surface area contributed by atoms with Gasteiger partial charge in [0.25, 0.3) is 5.91 Å². The summed E-state index contributed by atoms with van der Waals surface area (Å²) in [7, 11) is 0. The van der Waals surface area contributed by atoms with Crippen LogP contribution < -0.4 is 10.6 Å². The highest BCUT2D eigenvalue weighted by atomic mass is 35.5. The van der Waals surface area contributed by atoms with Gasteiger partial charge in [0.05, 0.1) is 10.7 Å². The summed E-state index contributed by atoms with van der Waals surface area (Å²) in [6.45, 7) is 0. The van der Waals surface area contributed by atoms with Crippen LogP contribution in [-0.4, -0.2) is 28.3 Å². The molecule has 2 N–H and O–H groups in total. The predicted octanol–water partition coefficient (Wildman–Crippen LogP) is 4.24. The number of anilines is 1. The number of halogens is 2. The Hall–Kier alpha value is -1.24. The van der Waals surface area contributed by atoms with E-state index in [1.54, 1.807) is 18.2 Å². The third-order valence-corrected chi connectivity index (χ3v) is 5.90. The van der Waals surface area contributed by atoms with Crippen LogP contribution in [0.2, 0.25) is 10.0 Å². The molecule has 1 unspecified atom stereocenters. The van der Waals surface area contributed by atoms with Gasteiger partial charge >= 0.3 is 0 Å². The monoisotopic (exact) mass is 399 g/mol. The largest absolute Gasteiger partial charge is 0.362 e. The van der Waals surface area contributed by atoms with Gasteiger partial charge in [-0.15, -0.1) is 0 Å². The maximum Gasteiger partial charge on any atom is 0.262 e. The number of carbonyl (C=O) groups excluding carboxylic acids is 2. The molecular formula is C17H19Cl2N3O2S. The van der Waals surface area contributed by atoms with Crippen molar-refractivity contribution in [3.63, 3.8) is 0 Å². The normalized spacial score (nSPS) is 21.1. The van der Waals surface area contributed by atoms with Crippen molar-refractivity contribution in [2.75, 3.05) is 5.32 Å². The van der Waals surface area contributed by atoms with Gasteiger partial charge in [0.1, 0.15) is 5.25 Å². The first-order chi connectivity index (χ1) is 12.0. The maximum atomic E-state index is 12.2. The minimum Gasteiger partial charge on any atom is -0.362 e. The molecule has 5 nitrogen and oxygen atoms in total. The van der Waals surface area contributed by atoms with Crippen LogP contribution in [0.5, 0.6) is 0 Å². The topological polar surface area (TPSA) is 70.6 Å². The Bertz CT molecular complexity index is 705. The van der Waals surface area contributed by atoms with E-state index in [9.17, 15) is 9.59 Å². The zero-order valence-corrected chi connectivity index (χ0v) is 15.9. The van der Waals surface area contributed by atoms with Crippen molar-refractivity contribution in [1.82, 2.24) is 5.32 Å². The van der Waals surface area contributed by atoms with E-state index in [1.165, 1.54) is 31.0 Å². The molecule has 134 valence electrons. The van der Waals surface area contributed by atoms with Gasteiger partial charge in [0.15, 0.2) is 5.17 Å². The van der Waals surface area contributed by atoms with E-state index in [1.807, 2.05) is 0 Å². The average Bonchev–Trinajstić information content (AvgIpc) is 2.91. The highest BCUT2D eigenvalue weighted by Crippen LogP contribution is 2.28. The van der Waals surface area contributed by atoms with Crippen LogP contribution in [0.3, 0.4) is 0 Å². The number of hydrogen-bond donors (Lipinski definition) is 2. The lowest BCUT2D eigenvalue weighted by Crippen LogP contribution is -2.34. The van der Waals surface area contributed by atoms with Crippen molar-refractivity contribution in [2.24, 2.45) is 4.99 Å². The molecule has 1 aliphatic heterocycles. The van der Waals surface area contributed by atoms with Crippen LogP contribution in [0.1, 0.15) is 38.5 Å². The number of hydrogen-bond acceptors (Lipinski definition) is 4. The Kier molecular flexibility index (Phi) is 6.25. The Labute approximate surface area is 160 Å². The molecule has 0 spiro atoms. The number of rotatable bonds is 4. The first kappa shape index (κ1) is 18.5. The summed E-state index contributed by atoms with van der Waals surface area (Å²) in [4.78, 5) is 28.3. The van der Waals surface area contributed by atoms with E-state index in [4.69, 9.17) is 23.2 Å². The molecule has 1 aromatic carbocycles. The molecule has 25 heavy (non-hydrogen) atoms. The van der Waals surface area contributed by atoms with Crippen LogP contribution >= 0.6 is 35.0 Å². The molecule has 0 bridgehead atoms. The summed E-state index contributed by atoms with van der Waals surface area (Å²) in [5.74, 6) is -0.556. The summed E-state index contributed by atoms with van der Waals surface area (Å²) in [5, 5.41) is 7.06. The highest BCUT2D eigenvalue weighted by molar-refractivity contribution is 8.15. The number of nitrogens with zero attached hydrogens (tertiary/aromatic N) is 1. The third kappa shape index (κ3) is 5.12. The molecule has 1 fully saturated rings. The number of thioether (sulfide) groups is 1. The van der Waals surface area contributed by atoms with E-state index in [0.29, 0.717) is 26.9 Å². The molecule has 1 aliphatic carbocycles. The van der Waals surface area contributed by atoms with Crippen LogP contribution in [0.25, 0.3) is 0 Å². The SMILES string of the molecule is O=C(CC1SC(NC2CCCCC2)=NC1=O)Nc1cc(Cl)ccc1Cl. The van der Waals surface area contributed by atoms with E-state index >= 15 is 0 Å². The fraction of sp³-hybridized carbons (Fsp3) is 0.471. The lowest BCUT2D eigenvalue weighted by atomic mass is 9.96. The summed E-state index contributed by atoms with van der Waals surface area (Å²) < 4.78 is 0. The maximum absolute atomic E-state index is 12.2. The molecule has 1 heterocycles. The van der Waals surface area contributed by atoms with Crippen molar-refractivity contribution in [3.8, 4) is 0 Å². The predicted molar refractivity (Wildman–Crippen MR) is 104 cm³/mol. The quantitative estimate of drug-likeness (QED) is 0.793. The van der Waals surface area contributed by atoms with Crippen LogP contribution in [-0.2, 0) is 9.59 Å². The number of carbonyl (C=O) groups is 2. The second kappa shape index (κ2) is 8.43. The number of benzene rings is 1. The zero-order chi connectivity index (χ0) is 17.8. The first-order valence-electron chi connectivity index (χ1n) is 8.32. The minimum atomic E-state index is -0.496. The van der Waals surface area contributed by atoms with Gasteiger partial charge in [0, 0.05) is 17.5 Å². The van der Waals surface area contributed by atoms with Crippen molar-refractivity contribution in [2.45, 2.75) is 49.8 Å². The molecule has 1 saturated carbocycles. The lowest BCUT2D eigenvalue weighted by Gasteiger charge is -2.23. The van der Waals surface area contributed by atoms with E-state index in [-0.39, 0.29) is 18.2 Å². The molecule has 0 aromatic heterocycles. The van der Waals surface area contributed by atoms with Crippen molar-refractivity contribution >= 4 is 57.6 Å². The van der Waals surface area contributed by atoms with Gasteiger partial charge in [-0.1, -0.05) is 54.2 Å². The van der Waals surface area contributed by atoms with E-state index in [0.717, 1.165) is 12.8 Å². The van der Waals surface area contributed by atoms with Gasteiger partial charge in [-0.25, -0.2) is 0 Å². The van der Waals surface area contributed by atoms with Crippen molar-refractivity contribution in [3.05, 3.63) is 28.2 Å². The summed E-state index contributed by atoms with van der Waals surface area (Å²) >= 11 is 13.3. The molecule has 1 aromatic rings. The Morgan fingerprint density at radius 1 is 1.24 bits per heavy atom. The molecule has 8 heteroatoms. The molecule has 2 amide bonds. The Morgan fingerprint density at radius 3 is 2.76 bits per heavy atom.